The zero-order valence-electron chi connectivity index (χ0n) is 11.9. The molecule has 1 N–H and O–H groups in total. The highest BCUT2D eigenvalue weighted by molar-refractivity contribution is 8.00. The highest BCUT2D eigenvalue weighted by Gasteiger charge is 2.16. The molecular formula is C15H21NO3S. The fraction of sp³-hybridized carbons (Fsp3) is 0.467. The Balaban J connectivity index is 2.51. The first kappa shape index (κ1) is 16.6. The molecule has 0 saturated carbocycles. The molecule has 1 aromatic rings. The number of aliphatic carboxylic acids is 1. The Labute approximate surface area is 124 Å². The third-order valence-electron chi connectivity index (χ3n) is 2.64. The van der Waals surface area contributed by atoms with Crippen molar-refractivity contribution >= 4 is 23.6 Å². The van der Waals surface area contributed by atoms with Gasteiger partial charge in [-0.1, -0.05) is 32.0 Å². The average molecular weight is 295 g/mol. The van der Waals surface area contributed by atoms with Gasteiger partial charge in [0.05, 0.1) is 12.2 Å². The van der Waals surface area contributed by atoms with E-state index in [-0.39, 0.29) is 18.9 Å². The number of carbonyl (C=O) groups excluding carboxylic acids is 1. The summed E-state index contributed by atoms with van der Waals surface area (Å²) in [6.45, 7) is 4.92. The van der Waals surface area contributed by atoms with Crippen LogP contribution >= 0.6 is 11.8 Å². The number of carboxylic acid groups (broad SMARTS) is 1. The van der Waals surface area contributed by atoms with E-state index in [1.807, 2.05) is 44.2 Å². The number of nitrogens with zero attached hydrogens (tertiary/aromatic N) is 1. The van der Waals surface area contributed by atoms with Crippen LogP contribution < -0.4 is 0 Å². The van der Waals surface area contributed by atoms with Gasteiger partial charge in [-0.2, -0.15) is 0 Å². The number of carboxylic acids is 1. The molecule has 0 aliphatic rings. The fourth-order valence-corrected chi connectivity index (χ4v) is 2.56. The highest BCUT2D eigenvalue weighted by Crippen LogP contribution is 2.17. The standard InChI is InChI=1S/C15H21NO3S/c1-12(2)10-16(9-8-15(18)19)14(17)11-20-13-6-4-3-5-7-13/h3-7,12H,8-11H2,1-2H3,(H,18,19). The molecule has 0 unspecified atom stereocenters. The van der Waals surface area contributed by atoms with Gasteiger partial charge in [0.2, 0.25) is 5.91 Å². The lowest BCUT2D eigenvalue weighted by Gasteiger charge is -2.23. The van der Waals surface area contributed by atoms with Gasteiger partial charge in [0.1, 0.15) is 0 Å². The molecule has 0 aromatic heterocycles. The van der Waals surface area contributed by atoms with Crippen LogP contribution in [0.3, 0.4) is 0 Å². The summed E-state index contributed by atoms with van der Waals surface area (Å²) in [6.07, 6.45) is -0.00549. The van der Waals surface area contributed by atoms with Gasteiger partial charge < -0.3 is 10.0 Å². The molecule has 0 saturated heterocycles. The van der Waals surface area contributed by atoms with Crippen LogP contribution in [0.25, 0.3) is 0 Å². The Morgan fingerprint density at radius 2 is 1.90 bits per heavy atom. The van der Waals surface area contributed by atoms with Gasteiger partial charge in [0.25, 0.3) is 0 Å². The van der Waals surface area contributed by atoms with E-state index in [9.17, 15) is 9.59 Å². The number of thioether (sulfide) groups is 1. The molecule has 0 heterocycles. The van der Waals surface area contributed by atoms with Crippen LogP contribution in [-0.2, 0) is 9.59 Å². The maximum Gasteiger partial charge on any atom is 0.305 e. The van der Waals surface area contributed by atoms with Gasteiger partial charge in [-0.25, -0.2) is 0 Å². The van der Waals surface area contributed by atoms with E-state index in [1.54, 1.807) is 4.90 Å². The third-order valence-corrected chi connectivity index (χ3v) is 3.64. The Morgan fingerprint density at radius 3 is 2.45 bits per heavy atom. The van der Waals surface area contributed by atoms with Crippen LogP contribution in [0.4, 0.5) is 0 Å². The zero-order valence-corrected chi connectivity index (χ0v) is 12.7. The molecule has 20 heavy (non-hydrogen) atoms. The molecule has 5 heteroatoms. The lowest BCUT2D eigenvalue weighted by atomic mass is 10.2. The van der Waals surface area contributed by atoms with Gasteiger partial charge >= 0.3 is 5.97 Å². The van der Waals surface area contributed by atoms with Crippen molar-refractivity contribution in [1.82, 2.24) is 4.90 Å². The molecule has 0 fully saturated rings. The van der Waals surface area contributed by atoms with Crippen LogP contribution in [0.1, 0.15) is 20.3 Å². The van der Waals surface area contributed by atoms with E-state index in [0.29, 0.717) is 18.2 Å². The van der Waals surface area contributed by atoms with Crippen LogP contribution in [0, 0.1) is 5.92 Å². The zero-order chi connectivity index (χ0) is 15.0. The largest absolute Gasteiger partial charge is 0.481 e. The minimum absolute atomic E-state index is 0.00549. The number of carbonyl (C=O) groups is 2. The van der Waals surface area contributed by atoms with E-state index in [1.165, 1.54) is 11.8 Å². The Bertz CT molecular complexity index is 434. The van der Waals surface area contributed by atoms with E-state index in [4.69, 9.17) is 5.11 Å². The van der Waals surface area contributed by atoms with Crippen molar-refractivity contribution < 1.29 is 14.7 Å². The molecule has 1 aromatic carbocycles. The van der Waals surface area contributed by atoms with E-state index >= 15 is 0 Å². The van der Waals surface area contributed by atoms with E-state index in [2.05, 4.69) is 0 Å². The summed E-state index contributed by atoms with van der Waals surface area (Å²) in [7, 11) is 0. The molecule has 0 atom stereocenters. The van der Waals surface area contributed by atoms with E-state index in [0.717, 1.165) is 4.90 Å². The van der Waals surface area contributed by atoms with Crippen molar-refractivity contribution in [3.8, 4) is 0 Å². The van der Waals surface area contributed by atoms with Crippen molar-refractivity contribution in [2.45, 2.75) is 25.2 Å². The van der Waals surface area contributed by atoms with Gasteiger partial charge in [0, 0.05) is 18.0 Å². The normalized spacial score (nSPS) is 10.6. The molecule has 0 radical (unpaired) electrons. The first-order valence-corrected chi connectivity index (χ1v) is 7.65. The van der Waals surface area contributed by atoms with Crippen LogP contribution in [0.15, 0.2) is 35.2 Å². The number of hydrogen-bond donors (Lipinski definition) is 1. The fourth-order valence-electron chi connectivity index (χ4n) is 1.74. The van der Waals surface area contributed by atoms with Crippen molar-refractivity contribution in [2.75, 3.05) is 18.8 Å². The Morgan fingerprint density at radius 1 is 1.25 bits per heavy atom. The minimum Gasteiger partial charge on any atom is -0.481 e. The van der Waals surface area contributed by atoms with Gasteiger partial charge in [-0.3, -0.25) is 9.59 Å². The monoisotopic (exact) mass is 295 g/mol. The first-order valence-electron chi connectivity index (χ1n) is 6.66. The second-order valence-corrected chi connectivity index (χ2v) is 6.03. The van der Waals surface area contributed by atoms with Crippen molar-refractivity contribution in [1.29, 1.82) is 0 Å². The van der Waals surface area contributed by atoms with Crippen LogP contribution in [0.5, 0.6) is 0 Å². The molecular weight excluding hydrogens is 274 g/mol. The molecule has 0 aliphatic heterocycles. The highest BCUT2D eigenvalue weighted by atomic mass is 32.2. The third kappa shape index (κ3) is 6.61. The molecule has 1 amide bonds. The quantitative estimate of drug-likeness (QED) is 0.749. The summed E-state index contributed by atoms with van der Waals surface area (Å²) in [6, 6.07) is 9.72. The average Bonchev–Trinajstić information content (AvgIpc) is 2.41. The smallest absolute Gasteiger partial charge is 0.305 e. The maximum atomic E-state index is 12.2. The molecule has 1 rings (SSSR count). The molecule has 0 bridgehead atoms. The molecule has 0 spiro atoms. The topological polar surface area (TPSA) is 57.6 Å². The predicted octanol–water partition coefficient (Wildman–Crippen LogP) is 2.74. The second kappa shape index (κ2) is 8.64. The summed E-state index contributed by atoms with van der Waals surface area (Å²) < 4.78 is 0. The molecule has 4 nitrogen and oxygen atoms in total. The summed E-state index contributed by atoms with van der Waals surface area (Å²) in [5, 5.41) is 8.74. The number of amides is 1. The Kier molecular flexibility index (Phi) is 7.15. The second-order valence-electron chi connectivity index (χ2n) is 4.98. The lowest BCUT2D eigenvalue weighted by molar-refractivity contribution is -0.138. The first-order chi connectivity index (χ1) is 9.49. The minimum atomic E-state index is -0.873. The van der Waals surface area contributed by atoms with Crippen molar-refractivity contribution in [3.05, 3.63) is 30.3 Å². The van der Waals surface area contributed by atoms with Gasteiger partial charge in [-0.05, 0) is 18.1 Å². The predicted molar refractivity (Wildman–Crippen MR) is 80.8 cm³/mol. The van der Waals surface area contributed by atoms with Crippen molar-refractivity contribution in [3.63, 3.8) is 0 Å². The van der Waals surface area contributed by atoms with Gasteiger partial charge in [0.15, 0.2) is 0 Å². The van der Waals surface area contributed by atoms with Crippen molar-refractivity contribution in [2.24, 2.45) is 5.92 Å². The number of benzene rings is 1. The maximum absolute atomic E-state index is 12.2. The van der Waals surface area contributed by atoms with E-state index < -0.39 is 5.97 Å². The SMILES string of the molecule is CC(C)CN(CCC(=O)O)C(=O)CSc1ccccc1. The lowest BCUT2D eigenvalue weighted by Crippen LogP contribution is -2.37. The number of hydrogen-bond acceptors (Lipinski definition) is 3. The van der Waals surface area contributed by atoms with Crippen LogP contribution in [-0.4, -0.2) is 40.7 Å². The van der Waals surface area contributed by atoms with Gasteiger partial charge in [-0.15, -0.1) is 11.8 Å². The summed E-state index contributed by atoms with van der Waals surface area (Å²) in [4.78, 5) is 25.5. The Hall–Kier alpha value is -1.49. The summed E-state index contributed by atoms with van der Waals surface area (Å²) in [5.41, 5.74) is 0. The van der Waals surface area contributed by atoms with Crippen LogP contribution in [0.2, 0.25) is 0 Å². The molecule has 0 aliphatic carbocycles. The summed E-state index contributed by atoms with van der Waals surface area (Å²) in [5.74, 6) is -0.207. The summed E-state index contributed by atoms with van der Waals surface area (Å²) >= 11 is 1.48. The molecule has 110 valence electrons. The number of rotatable bonds is 8.